The first-order chi connectivity index (χ1) is 14.1. The summed E-state index contributed by atoms with van der Waals surface area (Å²) in [7, 11) is 1.32. The van der Waals surface area contributed by atoms with Crippen molar-refractivity contribution in [3.8, 4) is 0 Å². The minimum atomic E-state index is -0.445. The molecule has 29 heavy (non-hydrogen) atoms. The Bertz CT molecular complexity index is 1350. The molecule has 8 nitrogen and oxygen atoms in total. The molecule has 2 aromatic carbocycles. The van der Waals surface area contributed by atoms with Crippen molar-refractivity contribution >= 4 is 34.5 Å². The van der Waals surface area contributed by atoms with Crippen LogP contribution in [0, 0.1) is 0 Å². The monoisotopic (exact) mass is 388 g/mol. The van der Waals surface area contributed by atoms with Crippen molar-refractivity contribution in [2.24, 2.45) is 0 Å². The van der Waals surface area contributed by atoms with Crippen LogP contribution in [0.5, 0.6) is 0 Å². The second-order valence-electron chi connectivity index (χ2n) is 6.89. The van der Waals surface area contributed by atoms with Crippen LogP contribution in [0.1, 0.15) is 33.8 Å². The summed E-state index contributed by atoms with van der Waals surface area (Å²) in [6.07, 6.45) is 0.131. The maximum absolute atomic E-state index is 12.9. The van der Waals surface area contributed by atoms with E-state index in [2.05, 4.69) is 15.3 Å². The lowest BCUT2D eigenvalue weighted by atomic mass is 9.86. The van der Waals surface area contributed by atoms with Crippen LogP contribution >= 0.6 is 0 Å². The number of nitrogens with one attached hydrogen (secondary N) is 2. The number of H-pyrrole nitrogens is 1. The van der Waals surface area contributed by atoms with Crippen LogP contribution in [0.25, 0.3) is 16.8 Å². The number of esters is 1. The number of imidazole rings is 1. The molecule has 2 N–H and O–H groups in total. The zero-order chi connectivity index (χ0) is 20.1. The number of ether oxygens (including phenoxy) is 1. The third kappa shape index (κ3) is 2.60. The average molecular weight is 388 g/mol. The van der Waals surface area contributed by atoms with Crippen molar-refractivity contribution in [1.82, 2.24) is 14.4 Å². The number of methoxy groups -OCH3 is 1. The molecule has 1 amide bonds. The van der Waals surface area contributed by atoms with E-state index in [-0.39, 0.29) is 17.9 Å². The van der Waals surface area contributed by atoms with Crippen LogP contribution < -0.4 is 10.9 Å². The van der Waals surface area contributed by atoms with Crippen molar-refractivity contribution in [2.45, 2.75) is 12.3 Å². The lowest BCUT2D eigenvalue weighted by Crippen LogP contribution is -2.32. The highest BCUT2D eigenvalue weighted by Crippen LogP contribution is 2.36. The van der Waals surface area contributed by atoms with Gasteiger partial charge < -0.3 is 10.1 Å². The third-order valence-electron chi connectivity index (χ3n) is 5.24. The zero-order valence-electron chi connectivity index (χ0n) is 15.4. The van der Waals surface area contributed by atoms with Gasteiger partial charge in [0.2, 0.25) is 11.7 Å². The SMILES string of the molecule is COC(=O)c1ccc([C@@H]2CC(=O)Nc3c2c(=O)[nH]c2nc4ccccc4n32)cc1. The molecule has 3 heterocycles. The summed E-state index contributed by atoms with van der Waals surface area (Å²) in [6.45, 7) is 0. The number of nitrogens with zero attached hydrogens (tertiary/aromatic N) is 2. The summed E-state index contributed by atoms with van der Waals surface area (Å²) in [5.74, 6) is -0.278. The van der Waals surface area contributed by atoms with Gasteiger partial charge in [-0.2, -0.15) is 0 Å². The summed E-state index contributed by atoms with van der Waals surface area (Å²) < 4.78 is 6.49. The fourth-order valence-corrected chi connectivity index (χ4v) is 3.90. The number of aromatic nitrogens is 3. The largest absolute Gasteiger partial charge is 0.465 e. The highest BCUT2D eigenvalue weighted by molar-refractivity contribution is 5.96. The number of carbonyl (C=O) groups is 2. The lowest BCUT2D eigenvalue weighted by molar-refractivity contribution is -0.116. The first kappa shape index (κ1) is 17.2. The van der Waals surface area contributed by atoms with Gasteiger partial charge in [0.05, 0.1) is 29.3 Å². The van der Waals surface area contributed by atoms with Gasteiger partial charge in [-0.25, -0.2) is 9.78 Å². The Labute approximate surface area is 164 Å². The molecule has 0 bridgehead atoms. The van der Waals surface area contributed by atoms with Gasteiger partial charge >= 0.3 is 5.97 Å². The molecule has 5 rings (SSSR count). The van der Waals surface area contributed by atoms with Crippen LogP contribution in [-0.4, -0.2) is 33.4 Å². The number of aromatic amines is 1. The summed E-state index contributed by atoms with van der Waals surface area (Å²) in [5.41, 5.74) is 2.84. The van der Waals surface area contributed by atoms with E-state index in [1.807, 2.05) is 24.3 Å². The number of hydrogen-bond donors (Lipinski definition) is 2. The van der Waals surface area contributed by atoms with Crippen LogP contribution in [0.15, 0.2) is 53.3 Å². The molecule has 1 atom stereocenters. The Balaban J connectivity index is 1.74. The van der Waals surface area contributed by atoms with Gasteiger partial charge in [0.1, 0.15) is 5.82 Å². The molecule has 144 valence electrons. The first-order valence-corrected chi connectivity index (χ1v) is 9.08. The molecule has 1 aliphatic heterocycles. The van der Waals surface area contributed by atoms with E-state index in [0.29, 0.717) is 22.7 Å². The molecular weight excluding hydrogens is 372 g/mol. The van der Waals surface area contributed by atoms with Gasteiger partial charge in [0, 0.05) is 12.3 Å². The summed E-state index contributed by atoms with van der Waals surface area (Å²) in [5, 5.41) is 2.85. The van der Waals surface area contributed by atoms with E-state index in [0.717, 1.165) is 16.6 Å². The Morgan fingerprint density at radius 3 is 2.66 bits per heavy atom. The average Bonchev–Trinajstić information content (AvgIpc) is 3.11. The molecule has 1 aliphatic rings. The molecule has 0 aliphatic carbocycles. The number of carbonyl (C=O) groups excluding carboxylic acids is 2. The smallest absolute Gasteiger partial charge is 0.337 e. The lowest BCUT2D eigenvalue weighted by Gasteiger charge is -2.25. The number of benzene rings is 2. The predicted molar refractivity (Wildman–Crippen MR) is 106 cm³/mol. The molecular formula is C21H16N4O4. The van der Waals surface area contributed by atoms with E-state index in [1.165, 1.54) is 7.11 Å². The third-order valence-corrected chi connectivity index (χ3v) is 5.24. The number of hydrogen-bond acceptors (Lipinski definition) is 5. The molecule has 4 aromatic rings. The Morgan fingerprint density at radius 1 is 1.14 bits per heavy atom. The van der Waals surface area contributed by atoms with Crippen molar-refractivity contribution in [1.29, 1.82) is 0 Å². The van der Waals surface area contributed by atoms with E-state index >= 15 is 0 Å². The topological polar surface area (TPSA) is 106 Å². The van der Waals surface area contributed by atoms with Crippen LogP contribution in [0.3, 0.4) is 0 Å². The molecule has 0 spiro atoms. The highest BCUT2D eigenvalue weighted by Gasteiger charge is 2.32. The first-order valence-electron chi connectivity index (χ1n) is 9.08. The van der Waals surface area contributed by atoms with Crippen LogP contribution in [0.2, 0.25) is 0 Å². The van der Waals surface area contributed by atoms with E-state index in [9.17, 15) is 14.4 Å². The minimum Gasteiger partial charge on any atom is -0.465 e. The molecule has 0 saturated heterocycles. The fraction of sp³-hybridized carbons (Fsp3) is 0.143. The number of fused-ring (bicyclic) bond motifs is 5. The van der Waals surface area contributed by atoms with E-state index in [1.54, 1.807) is 28.7 Å². The molecule has 2 aromatic heterocycles. The van der Waals surface area contributed by atoms with Gasteiger partial charge in [-0.15, -0.1) is 0 Å². The summed E-state index contributed by atoms with van der Waals surface area (Å²) in [4.78, 5) is 44.4. The Hall–Kier alpha value is -3.94. The Kier molecular flexibility index (Phi) is 3.73. The molecule has 0 saturated carbocycles. The van der Waals surface area contributed by atoms with Gasteiger partial charge in [-0.05, 0) is 29.8 Å². The summed E-state index contributed by atoms with van der Waals surface area (Å²) >= 11 is 0. The maximum atomic E-state index is 12.9. The molecule has 8 heteroatoms. The zero-order valence-corrected chi connectivity index (χ0v) is 15.4. The number of anilines is 1. The van der Waals surface area contributed by atoms with Gasteiger partial charge in [-0.1, -0.05) is 24.3 Å². The van der Waals surface area contributed by atoms with Crippen molar-refractivity contribution in [2.75, 3.05) is 12.4 Å². The number of rotatable bonds is 2. The van der Waals surface area contributed by atoms with Gasteiger partial charge in [0.15, 0.2) is 0 Å². The van der Waals surface area contributed by atoms with Crippen molar-refractivity contribution in [3.05, 3.63) is 75.6 Å². The number of amides is 1. The van der Waals surface area contributed by atoms with E-state index < -0.39 is 11.9 Å². The second kappa shape index (κ2) is 6.30. The van der Waals surface area contributed by atoms with Gasteiger partial charge in [0.25, 0.3) is 5.56 Å². The van der Waals surface area contributed by atoms with Gasteiger partial charge in [-0.3, -0.25) is 19.0 Å². The molecule has 0 fully saturated rings. The number of para-hydroxylation sites is 2. The maximum Gasteiger partial charge on any atom is 0.337 e. The molecule has 0 unspecified atom stereocenters. The van der Waals surface area contributed by atoms with Crippen molar-refractivity contribution in [3.63, 3.8) is 0 Å². The minimum absolute atomic E-state index is 0.131. The van der Waals surface area contributed by atoms with Crippen molar-refractivity contribution < 1.29 is 14.3 Å². The van der Waals surface area contributed by atoms with E-state index in [4.69, 9.17) is 4.74 Å². The standard InChI is InChI=1S/C21H16N4O4/c1-29-20(28)12-8-6-11(7-9-12)13-10-16(26)23-18-17(13)19(27)24-21-22-14-4-2-3-5-15(14)25(18)21/h2-9,13H,10H2,1H3,(H,23,26)(H,22,24,27)/t13-/m0/s1. The molecule has 0 radical (unpaired) electrons. The predicted octanol–water partition coefficient (Wildman–Crippen LogP) is 2.44. The Morgan fingerprint density at radius 2 is 1.90 bits per heavy atom. The highest BCUT2D eigenvalue weighted by atomic mass is 16.5. The van der Waals surface area contributed by atoms with Crippen LogP contribution in [-0.2, 0) is 9.53 Å². The second-order valence-corrected chi connectivity index (χ2v) is 6.89. The fourth-order valence-electron chi connectivity index (χ4n) is 3.90. The quantitative estimate of drug-likeness (QED) is 0.513. The summed E-state index contributed by atoms with van der Waals surface area (Å²) in [6, 6.07) is 14.2. The normalized spacial score (nSPS) is 15.9. The van der Waals surface area contributed by atoms with Crippen LogP contribution in [0.4, 0.5) is 5.82 Å².